The molecule has 87 heavy (non-hydrogen) atoms. The average molecular weight is 1230 g/mol. The number of aliphatic hydroxyl groups is 8. The van der Waals surface area contributed by atoms with Crippen LogP contribution in [0.15, 0.2) is 48.6 Å². The summed E-state index contributed by atoms with van der Waals surface area (Å²) in [7, 11) is 0. The lowest BCUT2D eigenvalue weighted by molar-refractivity contribution is -0.359. The summed E-state index contributed by atoms with van der Waals surface area (Å²) in [5.74, 6) is -0.234. The summed E-state index contributed by atoms with van der Waals surface area (Å²) in [6.45, 7) is 2.82. The molecule has 2 fully saturated rings. The molecule has 2 aliphatic rings. The molecule has 12 unspecified atom stereocenters. The minimum atomic E-state index is -1.79. The van der Waals surface area contributed by atoms with Crippen LogP contribution in [0.4, 0.5) is 0 Å². The van der Waals surface area contributed by atoms with Crippen LogP contribution in [0, 0.1) is 0 Å². The molecule has 14 nitrogen and oxygen atoms in total. The number of aliphatic hydroxyl groups excluding tert-OH is 8. The zero-order chi connectivity index (χ0) is 63.1. The second kappa shape index (κ2) is 57.8. The van der Waals surface area contributed by atoms with Crippen LogP contribution < -0.4 is 5.32 Å². The summed E-state index contributed by atoms with van der Waals surface area (Å²) in [6, 6.07) is -0.914. The van der Waals surface area contributed by atoms with Crippen LogP contribution in [0.2, 0.25) is 0 Å². The van der Waals surface area contributed by atoms with E-state index >= 15 is 0 Å². The van der Waals surface area contributed by atoms with Crippen molar-refractivity contribution in [3.63, 3.8) is 0 Å². The fourth-order valence-corrected chi connectivity index (χ4v) is 11.9. The summed E-state index contributed by atoms with van der Waals surface area (Å²) < 4.78 is 22.8. The number of rotatable bonds is 60. The van der Waals surface area contributed by atoms with Crippen molar-refractivity contribution in [3.05, 3.63) is 48.6 Å². The van der Waals surface area contributed by atoms with Crippen molar-refractivity contribution in [1.29, 1.82) is 0 Å². The molecule has 0 spiro atoms. The molecule has 0 saturated carbocycles. The monoisotopic (exact) mass is 1230 g/mol. The number of hydrogen-bond acceptors (Lipinski definition) is 13. The zero-order valence-electron chi connectivity index (χ0n) is 55.5. The van der Waals surface area contributed by atoms with Crippen molar-refractivity contribution >= 4 is 5.91 Å². The van der Waals surface area contributed by atoms with Gasteiger partial charge in [0.2, 0.25) is 5.91 Å². The van der Waals surface area contributed by atoms with Crippen molar-refractivity contribution < 1.29 is 64.6 Å². The lowest BCUT2D eigenvalue weighted by Gasteiger charge is -2.46. The molecule has 510 valence electrons. The lowest BCUT2D eigenvalue weighted by Crippen LogP contribution is -2.65. The van der Waals surface area contributed by atoms with E-state index < -0.39 is 86.8 Å². The van der Waals surface area contributed by atoms with Crippen LogP contribution in [0.25, 0.3) is 0 Å². The van der Waals surface area contributed by atoms with Gasteiger partial charge in [-0.15, -0.1) is 0 Å². The Labute approximate surface area is 531 Å². The van der Waals surface area contributed by atoms with Crippen molar-refractivity contribution in [2.24, 2.45) is 0 Å². The Hall–Kier alpha value is -2.05. The van der Waals surface area contributed by atoms with E-state index in [4.69, 9.17) is 18.9 Å². The maximum Gasteiger partial charge on any atom is 0.220 e. The van der Waals surface area contributed by atoms with E-state index in [-0.39, 0.29) is 18.9 Å². The first-order valence-corrected chi connectivity index (χ1v) is 36.4. The molecule has 14 heteroatoms. The highest BCUT2D eigenvalue weighted by molar-refractivity contribution is 5.76. The number of hydrogen-bond donors (Lipinski definition) is 9. The van der Waals surface area contributed by atoms with E-state index in [1.54, 1.807) is 6.08 Å². The van der Waals surface area contributed by atoms with Crippen LogP contribution in [-0.2, 0) is 23.7 Å². The standard InChI is InChI=1S/C73H135NO13/c1-3-5-7-9-11-13-15-17-19-21-22-23-24-25-26-27-28-29-30-31-32-33-34-35-36-37-38-39-40-41-43-45-47-49-51-53-55-57-65(78)74-61(62(77)56-54-52-50-48-46-44-42-20-18-16-14-12-10-8-6-4-2)60-84-72-70(83)68(81)71(64(59-76)86-72)87-73-69(82)67(80)66(79)63(58-75)85-73/h15,17,21-22,24-25,54,56,61-64,66-73,75-77,79-83H,3-14,16,18-20,23,26-53,55,57-60H2,1-2H3,(H,74,78)/b17-15-,22-21-,25-24-,56-54+. The molecule has 0 aliphatic carbocycles. The Bertz CT molecular complexity index is 1640. The third kappa shape index (κ3) is 41.9. The molecule has 2 saturated heterocycles. The van der Waals surface area contributed by atoms with Crippen molar-refractivity contribution in [1.82, 2.24) is 5.32 Å². The van der Waals surface area contributed by atoms with Crippen molar-refractivity contribution in [2.75, 3.05) is 19.8 Å². The smallest absolute Gasteiger partial charge is 0.220 e. The molecular formula is C73H135NO13. The number of allylic oxidation sites excluding steroid dienone is 7. The van der Waals surface area contributed by atoms with Crippen LogP contribution >= 0.6 is 0 Å². The minimum Gasteiger partial charge on any atom is -0.394 e. The summed E-state index contributed by atoms with van der Waals surface area (Å²) in [4.78, 5) is 13.3. The number of nitrogens with one attached hydrogen (secondary N) is 1. The molecule has 0 aromatic carbocycles. The van der Waals surface area contributed by atoms with Gasteiger partial charge in [-0.1, -0.05) is 300 Å². The number of carbonyl (C=O) groups excluding carboxylic acids is 1. The van der Waals surface area contributed by atoms with E-state index in [9.17, 15) is 45.6 Å². The highest BCUT2D eigenvalue weighted by Gasteiger charge is 2.51. The first kappa shape index (κ1) is 81.0. The van der Waals surface area contributed by atoms with E-state index in [1.165, 1.54) is 238 Å². The number of unbranched alkanes of at least 4 members (excludes halogenated alkanes) is 41. The summed E-state index contributed by atoms with van der Waals surface area (Å²) in [5, 5.41) is 87.4. The Kier molecular flexibility index (Phi) is 53.9. The van der Waals surface area contributed by atoms with Gasteiger partial charge in [0.05, 0.1) is 32.0 Å². The molecule has 0 bridgehead atoms. The van der Waals surface area contributed by atoms with Crippen LogP contribution in [-0.4, -0.2) is 140 Å². The highest BCUT2D eigenvalue weighted by atomic mass is 16.7. The second-order valence-corrected chi connectivity index (χ2v) is 25.7. The maximum atomic E-state index is 13.3. The van der Waals surface area contributed by atoms with E-state index in [0.29, 0.717) is 6.42 Å². The fourth-order valence-electron chi connectivity index (χ4n) is 11.9. The molecule has 9 N–H and O–H groups in total. The second-order valence-electron chi connectivity index (χ2n) is 25.7. The number of carbonyl (C=O) groups is 1. The largest absolute Gasteiger partial charge is 0.394 e. The topological polar surface area (TPSA) is 228 Å². The Morgan fingerprint density at radius 3 is 1.16 bits per heavy atom. The van der Waals surface area contributed by atoms with Gasteiger partial charge in [-0.05, 0) is 57.8 Å². The van der Waals surface area contributed by atoms with Gasteiger partial charge in [0, 0.05) is 6.42 Å². The molecular weight excluding hydrogens is 1100 g/mol. The maximum absolute atomic E-state index is 13.3. The zero-order valence-corrected chi connectivity index (χ0v) is 55.5. The van der Waals surface area contributed by atoms with Crippen LogP contribution in [0.5, 0.6) is 0 Å². The van der Waals surface area contributed by atoms with Crippen LogP contribution in [0.3, 0.4) is 0 Å². The Balaban J connectivity index is 1.59. The van der Waals surface area contributed by atoms with E-state index in [1.807, 2.05) is 6.08 Å². The summed E-state index contributed by atoms with van der Waals surface area (Å²) in [5.41, 5.74) is 0. The quantitative estimate of drug-likeness (QED) is 0.0204. The molecule has 12 atom stereocenters. The third-order valence-corrected chi connectivity index (χ3v) is 17.8. The summed E-state index contributed by atoms with van der Waals surface area (Å²) in [6.07, 6.45) is 59.0. The Morgan fingerprint density at radius 2 is 0.759 bits per heavy atom. The molecule has 0 radical (unpaired) electrons. The van der Waals surface area contributed by atoms with Gasteiger partial charge in [-0.25, -0.2) is 0 Å². The first-order chi connectivity index (χ1) is 42.6. The van der Waals surface area contributed by atoms with Crippen molar-refractivity contribution in [3.8, 4) is 0 Å². The molecule has 2 heterocycles. The van der Waals surface area contributed by atoms with Crippen molar-refractivity contribution in [2.45, 2.75) is 389 Å². The van der Waals surface area contributed by atoms with Gasteiger partial charge in [0.1, 0.15) is 48.8 Å². The number of amides is 1. The molecule has 2 aliphatic heterocycles. The SMILES string of the molecule is CCCCCCC/C=C\C/C=C\C/C=C\CCCCCCCCCCCCCCCCCCCCCCCCC(=O)NC(COC1OC(CO)C(OC2OC(CO)C(O)C(O)C2O)C(O)C1O)C(O)/C=C/CCCCCCCCCCCCCCCC. The van der Waals surface area contributed by atoms with E-state index in [2.05, 4.69) is 55.6 Å². The average Bonchev–Trinajstić information content (AvgIpc) is 2.36. The fraction of sp³-hybridized carbons (Fsp3) is 0.877. The first-order valence-electron chi connectivity index (χ1n) is 36.4. The molecule has 0 aromatic rings. The Morgan fingerprint density at radius 1 is 0.414 bits per heavy atom. The van der Waals surface area contributed by atoms with Gasteiger partial charge in [-0.3, -0.25) is 4.79 Å². The van der Waals surface area contributed by atoms with Gasteiger partial charge in [-0.2, -0.15) is 0 Å². The minimum absolute atomic E-state index is 0.234. The molecule has 0 aromatic heterocycles. The van der Waals surface area contributed by atoms with Gasteiger partial charge in [0.25, 0.3) is 0 Å². The lowest BCUT2D eigenvalue weighted by atomic mass is 9.97. The predicted molar refractivity (Wildman–Crippen MR) is 355 cm³/mol. The van der Waals surface area contributed by atoms with Gasteiger partial charge < -0.3 is 65.1 Å². The van der Waals surface area contributed by atoms with Gasteiger partial charge in [0.15, 0.2) is 12.6 Å². The van der Waals surface area contributed by atoms with Crippen LogP contribution in [0.1, 0.15) is 316 Å². The summed E-state index contributed by atoms with van der Waals surface area (Å²) >= 11 is 0. The predicted octanol–water partition coefficient (Wildman–Crippen LogP) is 15.1. The number of ether oxygens (including phenoxy) is 4. The molecule has 1 amide bonds. The highest BCUT2D eigenvalue weighted by Crippen LogP contribution is 2.30. The normalized spacial score (nSPS) is 23.5. The van der Waals surface area contributed by atoms with Gasteiger partial charge >= 0.3 is 0 Å². The van der Waals surface area contributed by atoms with E-state index in [0.717, 1.165) is 51.4 Å². The molecule has 2 rings (SSSR count). The third-order valence-electron chi connectivity index (χ3n) is 17.8.